The van der Waals surface area contributed by atoms with E-state index in [9.17, 15) is 29.7 Å². The van der Waals surface area contributed by atoms with E-state index in [1.807, 2.05) is 0 Å². The van der Waals surface area contributed by atoms with Crippen LogP contribution in [0.2, 0.25) is 0 Å². The van der Waals surface area contributed by atoms with E-state index in [-0.39, 0.29) is 12.1 Å². The van der Waals surface area contributed by atoms with Gasteiger partial charge in [0.25, 0.3) is 5.91 Å². The molecular weight excluding hydrogens is 548 g/mol. The van der Waals surface area contributed by atoms with Crippen molar-refractivity contribution in [1.29, 1.82) is 0 Å². The van der Waals surface area contributed by atoms with Gasteiger partial charge in [-0.3, -0.25) is 24.4 Å². The molecule has 0 saturated carbocycles. The molecule has 1 unspecified atom stereocenters. The van der Waals surface area contributed by atoms with Crippen LogP contribution in [-0.2, 0) is 15.2 Å². The topological polar surface area (TPSA) is 185 Å². The minimum absolute atomic E-state index is 0.193. The van der Waals surface area contributed by atoms with Gasteiger partial charge in [-0.25, -0.2) is 0 Å². The smallest absolute Gasteiger partial charge is 0.305 e. The number of aliphatic imine (C=N–C) groups is 1. The number of rotatable bonds is 9. The summed E-state index contributed by atoms with van der Waals surface area (Å²) in [6.07, 6.45) is 1.88. The summed E-state index contributed by atoms with van der Waals surface area (Å²) in [6.45, 7) is 3.39. The number of hydrogen-bond acceptors (Lipinski definition) is 9. The normalized spacial score (nSPS) is 16.1. The molecule has 37 heavy (non-hydrogen) atoms. The van der Waals surface area contributed by atoms with Crippen molar-refractivity contribution in [3.63, 3.8) is 0 Å². The molecule has 1 aromatic heterocycles. The van der Waals surface area contributed by atoms with Crippen molar-refractivity contribution in [3.8, 4) is 0 Å². The SMILES string of the molecule is CC(C)(O)c1cc(Br)cc([C@H](CC(=O)O)NC(=O)CNC(=O)c2cncc(NC3=NCC(O)CN3)c2)c1. The van der Waals surface area contributed by atoms with Gasteiger partial charge in [-0.05, 0) is 43.2 Å². The summed E-state index contributed by atoms with van der Waals surface area (Å²) in [7, 11) is 0. The second kappa shape index (κ2) is 12.1. The van der Waals surface area contributed by atoms with Crippen LogP contribution in [0.4, 0.5) is 5.69 Å². The lowest BCUT2D eigenvalue weighted by Crippen LogP contribution is -2.42. The molecule has 198 valence electrons. The highest BCUT2D eigenvalue weighted by molar-refractivity contribution is 9.10. The summed E-state index contributed by atoms with van der Waals surface area (Å²) in [5.74, 6) is -1.83. The van der Waals surface area contributed by atoms with E-state index in [4.69, 9.17) is 0 Å². The molecule has 0 fully saturated rings. The van der Waals surface area contributed by atoms with Gasteiger partial charge in [0.05, 0.1) is 54.7 Å². The molecule has 12 nitrogen and oxygen atoms in total. The number of carbonyl (C=O) groups excluding carboxylic acids is 2. The highest BCUT2D eigenvalue weighted by Crippen LogP contribution is 2.29. The van der Waals surface area contributed by atoms with Crippen LogP contribution in [0.3, 0.4) is 0 Å². The van der Waals surface area contributed by atoms with Crippen molar-refractivity contribution in [2.75, 3.05) is 25.0 Å². The summed E-state index contributed by atoms with van der Waals surface area (Å²) < 4.78 is 0.617. The Morgan fingerprint density at radius 1 is 1.22 bits per heavy atom. The van der Waals surface area contributed by atoms with E-state index < -0.39 is 48.5 Å². The summed E-state index contributed by atoms with van der Waals surface area (Å²) in [5.41, 5.74) is 0.532. The third kappa shape index (κ3) is 8.51. The number of nitrogens with zero attached hydrogens (tertiary/aromatic N) is 2. The second-order valence-corrected chi connectivity index (χ2v) is 9.96. The first kappa shape index (κ1) is 28.0. The number of anilines is 1. The van der Waals surface area contributed by atoms with Gasteiger partial charge < -0.3 is 36.6 Å². The number of guanidine groups is 1. The predicted octanol–water partition coefficient (Wildman–Crippen LogP) is 0.865. The number of β-amino-alcohol motifs (C(OH)–C–C–N with tert-alkyl or cyclic N) is 1. The minimum Gasteiger partial charge on any atom is -0.481 e. The lowest BCUT2D eigenvalue weighted by atomic mass is 9.93. The molecule has 0 radical (unpaired) electrons. The molecule has 7 N–H and O–H groups in total. The van der Waals surface area contributed by atoms with Crippen molar-refractivity contribution >= 4 is 45.4 Å². The number of nitrogens with one attached hydrogen (secondary N) is 4. The molecule has 2 atom stereocenters. The third-order valence-electron chi connectivity index (χ3n) is 5.38. The minimum atomic E-state index is -1.18. The number of pyridine rings is 1. The fourth-order valence-electron chi connectivity index (χ4n) is 3.49. The lowest BCUT2D eigenvalue weighted by Gasteiger charge is -2.23. The van der Waals surface area contributed by atoms with Crippen LogP contribution < -0.4 is 21.3 Å². The second-order valence-electron chi connectivity index (χ2n) is 9.04. The molecule has 2 aromatic rings. The maximum absolute atomic E-state index is 12.6. The Morgan fingerprint density at radius 2 is 1.97 bits per heavy atom. The first-order chi connectivity index (χ1) is 17.4. The lowest BCUT2D eigenvalue weighted by molar-refractivity contribution is -0.137. The maximum atomic E-state index is 12.6. The predicted molar refractivity (Wildman–Crippen MR) is 139 cm³/mol. The average molecular weight is 577 g/mol. The van der Waals surface area contributed by atoms with Crippen molar-refractivity contribution in [2.45, 2.75) is 38.0 Å². The zero-order chi connectivity index (χ0) is 27.2. The molecule has 2 amide bonds. The number of carbonyl (C=O) groups is 3. The van der Waals surface area contributed by atoms with Crippen molar-refractivity contribution in [3.05, 3.63) is 57.8 Å². The Morgan fingerprint density at radius 3 is 2.62 bits per heavy atom. The summed E-state index contributed by atoms with van der Waals surface area (Å²) >= 11 is 3.36. The van der Waals surface area contributed by atoms with Crippen LogP contribution in [0, 0.1) is 0 Å². The summed E-state index contributed by atoms with van der Waals surface area (Å²) in [6, 6.07) is 5.64. The van der Waals surface area contributed by atoms with Crippen LogP contribution in [-0.4, -0.2) is 69.8 Å². The molecule has 1 aromatic carbocycles. The van der Waals surface area contributed by atoms with Gasteiger partial charge in [0, 0.05) is 17.2 Å². The van der Waals surface area contributed by atoms with E-state index in [0.717, 1.165) is 0 Å². The van der Waals surface area contributed by atoms with Gasteiger partial charge in [-0.2, -0.15) is 0 Å². The Balaban J connectivity index is 1.64. The Bertz CT molecular complexity index is 1200. The molecule has 1 aliphatic heterocycles. The van der Waals surface area contributed by atoms with Crippen LogP contribution in [0.1, 0.15) is 47.8 Å². The van der Waals surface area contributed by atoms with Crippen LogP contribution in [0.5, 0.6) is 0 Å². The number of aliphatic carboxylic acids is 1. The number of halogens is 1. The van der Waals surface area contributed by atoms with Crippen molar-refractivity contribution in [1.82, 2.24) is 20.9 Å². The standard InChI is InChI=1S/C24H29BrN6O6/c1-24(2,37)15-3-13(4-16(25)6-15)19(7-21(34)35)31-20(33)12-27-22(36)14-5-17(9-26-8-14)30-23-28-10-18(32)11-29-23/h3-6,8-9,18-19,32,37H,7,10-12H2,1-2H3,(H,27,36)(H,31,33)(H,34,35)(H2,28,29,30)/t19-/m0/s1. The zero-order valence-corrected chi connectivity index (χ0v) is 21.9. The first-order valence-electron chi connectivity index (χ1n) is 11.4. The fraction of sp³-hybridized carbons (Fsp3) is 0.375. The number of aliphatic hydroxyl groups is 2. The number of carboxylic acids is 1. The van der Waals surface area contributed by atoms with E-state index in [1.54, 1.807) is 32.0 Å². The van der Waals surface area contributed by atoms with E-state index >= 15 is 0 Å². The molecule has 3 rings (SSSR count). The van der Waals surface area contributed by atoms with Gasteiger partial charge in [0.1, 0.15) is 0 Å². The van der Waals surface area contributed by atoms with Gasteiger partial charge in [0.15, 0.2) is 5.96 Å². The van der Waals surface area contributed by atoms with Gasteiger partial charge in [-0.15, -0.1) is 0 Å². The number of amides is 2. The monoisotopic (exact) mass is 576 g/mol. The maximum Gasteiger partial charge on any atom is 0.305 e. The van der Waals surface area contributed by atoms with E-state index in [0.29, 0.717) is 33.8 Å². The fourth-order valence-corrected chi connectivity index (χ4v) is 4.00. The average Bonchev–Trinajstić information content (AvgIpc) is 2.82. The van der Waals surface area contributed by atoms with Crippen LogP contribution in [0.15, 0.2) is 46.1 Å². The molecular formula is C24H29BrN6O6. The molecule has 0 aliphatic carbocycles. The van der Waals surface area contributed by atoms with Gasteiger partial charge in [-0.1, -0.05) is 22.0 Å². The Hall–Kier alpha value is -3.55. The largest absolute Gasteiger partial charge is 0.481 e. The quantitative estimate of drug-likeness (QED) is 0.227. The molecule has 0 spiro atoms. The van der Waals surface area contributed by atoms with E-state index in [2.05, 4.69) is 47.2 Å². The first-order valence-corrected chi connectivity index (χ1v) is 12.2. The molecule has 0 saturated heterocycles. The number of benzene rings is 1. The van der Waals surface area contributed by atoms with Crippen LogP contribution in [0.25, 0.3) is 0 Å². The van der Waals surface area contributed by atoms with Crippen LogP contribution >= 0.6 is 15.9 Å². The molecule has 0 bridgehead atoms. The molecule has 13 heteroatoms. The Kier molecular flexibility index (Phi) is 9.18. The molecule has 2 heterocycles. The number of hydrogen-bond donors (Lipinski definition) is 7. The summed E-state index contributed by atoms with van der Waals surface area (Å²) in [4.78, 5) is 44.8. The van der Waals surface area contributed by atoms with E-state index in [1.165, 1.54) is 18.5 Å². The number of aliphatic hydroxyl groups excluding tert-OH is 1. The molecule has 1 aliphatic rings. The summed E-state index contributed by atoms with van der Waals surface area (Å²) in [5, 5.41) is 40.2. The van der Waals surface area contributed by atoms with Crippen molar-refractivity contribution in [2.24, 2.45) is 4.99 Å². The number of carboxylic acid groups (broad SMARTS) is 1. The van der Waals surface area contributed by atoms with Gasteiger partial charge >= 0.3 is 5.97 Å². The highest BCUT2D eigenvalue weighted by atomic mass is 79.9. The zero-order valence-electron chi connectivity index (χ0n) is 20.3. The van der Waals surface area contributed by atoms with Gasteiger partial charge in [0.2, 0.25) is 5.91 Å². The third-order valence-corrected chi connectivity index (χ3v) is 5.84. The van der Waals surface area contributed by atoms with Crippen molar-refractivity contribution < 1.29 is 29.7 Å². The Labute approximate surface area is 221 Å². The number of aromatic nitrogens is 1. The highest BCUT2D eigenvalue weighted by Gasteiger charge is 2.23.